The fourth-order valence-corrected chi connectivity index (χ4v) is 8.29. The first-order chi connectivity index (χ1) is 28.6. The zero-order valence-electron chi connectivity index (χ0n) is 35.0. The lowest BCUT2D eigenvalue weighted by atomic mass is 9.94. The molecule has 0 bridgehead atoms. The number of hydrogen-bond acceptors (Lipinski definition) is 10. The number of aryl methyl sites for hydroxylation is 1. The van der Waals surface area contributed by atoms with E-state index in [-0.39, 0.29) is 43.8 Å². The molecule has 4 amide bonds. The molecule has 3 heterocycles. The number of imide groups is 1. The Morgan fingerprint density at radius 1 is 1.00 bits per heavy atom. The van der Waals surface area contributed by atoms with Crippen molar-refractivity contribution < 1.29 is 38.6 Å². The van der Waals surface area contributed by atoms with E-state index in [0.29, 0.717) is 27.9 Å². The number of carbonyl (C=O) groups excluding carboxylic acids is 4. The number of hydrogen-bond donors (Lipinski definition) is 2. The largest absolute Gasteiger partial charge is 0.479 e. The smallest absolute Gasteiger partial charge is 0.418 e. The molecule has 1 saturated carbocycles. The first-order valence-electron chi connectivity index (χ1n) is 20.5. The van der Waals surface area contributed by atoms with E-state index in [1.54, 1.807) is 34.6 Å². The van der Waals surface area contributed by atoms with Gasteiger partial charge in [-0.25, -0.2) is 24.5 Å². The maximum absolute atomic E-state index is 15.3. The zero-order valence-corrected chi connectivity index (χ0v) is 35.0. The number of aliphatic carboxylic acids is 1. The van der Waals surface area contributed by atoms with Crippen LogP contribution in [0.1, 0.15) is 95.2 Å². The van der Waals surface area contributed by atoms with Crippen molar-refractivity contribution in [2.75, 3.05) is 6.54 Å². The monoisotopic (exact) mass is 818 g/mol. The Morgan fingerprint density at radius 2 is 1.70 bits per heavy atom. The number of likely N-dealkylation sites (tertiary alicyclic amines) is 1. The van der Waals surface area contributed by atoms with E-state index in [2.05, 4.69) is 28.4 Å². The number of carboxylic acids is 1. The Bertz CT molecular complexity index is 2310. The molecule has 6 rings (SSSR count). The molecule has 2 aromatic heterocycles. The second-order valence-electron chi connectivity index (χ2n) is 16.7. The summed E-state index contributed by atoms with van der Waals surface area (Å²) in [6.07, 6.45) is 7.19. The van der Waals surface area contributed by atoms with Gasteiger partial charge in [0.05, 0.1) is 24.0 Å². The van der Waals surface area contributed by atoms with Crippen molar-refractivity contribution in [3.63, 3.8) is 0 Å². The fourth-order valence-electron chi connectivity index (χ4n) is 8.29. The maximum atomic E-state index is 15.3. The number of aromatic nitrogens is 3. The van der Waals surface area contributed by atoms with E-state index in [1.165, 1.54) is 23.4 Å². The lowest BCUT2D eigenvalue weighted by Crippen LogP contribution is -2.61. The van der Waals surface area contributed by atoms with E-state index in [9.17, 15) is 19.5 Å². The van der Waals surface area contributed by atoms with E-state index in [0.717, 1.165) is 30.0 Å². The summed E-state index contributed by atoms with van der Waals surface area (Å²) in [5.41, 5.74) is -3.01. The van der Waals surface area contributed by atoms with Crippen LogP contribution >= 0.6 is 0 Å². The van der Waals surface area contributed by atoms with Crippen molar-refractivity contribution in [2.45, 2.75) is 115 Å². The number of nitrogens with zero attached hydrogens (tertiary/aromatic N) is 5. The first-order valence-corrected chi connectivity index (χ1v) is 20.5. The Kier molecular flexibility index (Phi) is 12.7. The van der Waals surface area contributed by atoms with Gasteiger partial charge < -0.3 is 24.8 Å². The van der Waals surface area contributed by atoms with Crippen molar-refractivity contribution in [1.29, 1.82) is 0 Å². The number of allylic oxidation sites excluding steroid dienone is 1. The van der Waals surface area contributed by atoms with Crippen LogP contribution < -0.4 is 10.1 Å². The summed E-state index contributed by atoms with van der Waals surface area (Å²) >= 11 is 0. The number of carboxylic acid groups (broad SMARTS) is 1. The van der Waals surface area contributed by atoms with Crippen LogP contribution in [0.3, 0.4) is 0 Å². The summed E-state index contributed by atoms with van der Waals surface area (Å²) in [5.74, 6) is -3.30. The molecule has 2 fully saturated rings. The van der Waals surface area contributed by atoms with Gasteiger partial charge in [-0.15, -0.1) is 13.2 Å². The minimum atomic E-state index is -2.03. The minimum Gasteiger partial charge on any atom is -0.479 e. The van der Waals surface area contributed by atoms with Crippen molar-refractivity contribution >= 4 is 51.5 Å². The molecule has 316 valence electrons. The number of benzene rings is 2. The molecular formula is C46H54N6O8. The van der Waals surface area contributed by atoms with Crippen LogP contribution in [0.5, 0.6) is 5.88 Å². The van der Waals surface area contributed by atoms with Crippen LogP contribution in [0, 0.1) is 12.3 Å². The number of fused-ring (bicyclic) bond motifs is 3. The third-order valence-corrected chi connectivity index (χ3v) is 11.5. The summed E-state index contributed by atoms with van der Waals surface area (Å²) in [7, 11) is 0. The standard InChI is InChI=1S/C46H54N6O8/c1-8-11-12-13-14-23-35(49-38(53)36-26-47-29(4)25-48-36)40(54)51-27-30(59-39-33-21-16-15-19-31(33)32-20-17-18-22-34(32)50-39)24-37(51)41(55)52(43(58)60-44(5,6)7)46(42(56)57)28-45(46,9-2)10-3/h8-9,15-22,25-26,30,35,37H,1-2,10-14,23-24,27-28H2,3-7H3,(H,49,53)(H,56,57)/t30-,35?,37+,45+,46+/m1/s1. The maximum Gasteiger partial charge on any atom is 0.418 e. The molecule has 4 aromatic rings. The number of unbranched alkanes of at least 4 members (excludes halogenated alkanes) is 3. The fraction of sp³-hybridized carbons (Fsp3) is 0.435. The molecule has 1 aliphatic heterocycles. The average Bonchev–Trinajstić information content (AvgIpc) is 3.72. The van der Waals surface area contributed by atoms with E-state index >= 15 is 9.59 Å². The molecule has 60 heavy (non-hydrogen) atoms. The van der Waals surface area contributed by atoms with Crippen molar-refractivity contribution in [2.24, 2.45) is 5.41 Å². The molecular weight excluding hydrogens is 765 g/mol. The molecule has 14 nitrogen and oxygen atoms in total. The third kappa shape index (κ3) is 8.59. The SMILES string of the molecule is C=CCCCCCC(NC(=O)c1cnc(C)cn1)C(=O)N1C[C@H](Oc2nc3ccccc3c3ccccc23)C[C@H]1C(=O)N(C(=O)OC(C)(C)C)[C@]1(C(=O)O)C[C@]1(C=C)CC. The number of pyridine rings is 1. The summed E-state index contributed by atoms with van der Waals surface area (Å²) in [4.78, 5) is 86.7. The molecule has 1 saturated heterocycles. The summed E-state index contributed by atoms with van der Waals surface area (Å²) < 4.78 is 12.4. The summed E-state index contributed by atoms with van der Waals surface area (Å²) in [6.45, 7) is 15.9. The van der Waals surface area contributed by atoms with E-state index in [4.69, 9.17) is 14.5 Å². The molecule has 2 aliphatic rings. The van der Waals surface area contributed by atoms with Crippen molar-refractivity contribution in [3.8, 4) is 5.88 Å². The van der Waals surface area contributed by atoms with Gasteiger partial charge in [0.1, 0.15) is 29.5 Å². The molecule has 2 aromatic carbocycles. The van der Waals surface area contributed by atoms with Crippen LogP contribution in [-0.2, 0) is 19.1 Å². The van der Waals surface area contributed by atoms with Gasteiger partial charge in [-0.2, -0.15) is 0 Å². The predicted molar refractivity (Wildman–Crippen MR) is 226 cm³/mol. The quantitative estimate of drug-likeness (QED) is 0.0656. The Balaban J connectivity index is 1.42. The molecule has 1 aliphatic carbocycles. The number of nitrogens with one attached hydrogen (secondary N) is 1. The van der Waals surface area contributed by atoms with Crippen LogP contribution in [0.15, 0.2) is 86.2 Å². The van der Waals surface area contributed by atoms with Crippen molar-refractivity contribution in [1.82, 2.24) is 30.1 Å². The van der Waals surface area contributed by atoms with Gasteiger partial charge in [-0.1, -0.05) is 68.3 Å². The predicted octanol–water partition coefficient (Wildman–Crippen LogP) is 7.34. The van der Waals surface area contributed by atoms with Crippen molar-refractivity contribution in [3.05, 3.63) is 97.6 Å². The van der Waals surface area contributed by atoms with Crippen LogP contribution in [0.4, 0.5) is 4.79 Å². The number of ether oxygens (including phenoxy) is 2. The van der Waals surface area contributed by atoms with Gasteiger partial charge in [-0.05, 0) is 77.3 Å². The van der Waals surface area contributed by atoms with Gasteiger partial charge in [-0.3, -0.25) is 19.4 Å². The van der Waals surface area contributed by atoms with E-state index < -0.39 is 64.5 Å². The van der Waals surface area contributed by atoms with Crippen LogP contribution in [0.25, 0.3) is 21.7 Å². The topological polar surface area (TPSA) is 181 Å². The molecule has 0 radical (unpaired) electrons. The van der Waals surface area contributed by atoms with Gasteiger partial charge in [0.2, 0.25) is 11.8 Å². The third-order valence-electron chi connectivity index (χ3n) is 11.5. The summed E-state index contributed by atoms with van der Waals surface area (Å²) in [6, 6.07) is 12.7. The number of para-hydroxylation sites is 1. The molecule has 1 unspecified atom stereocenters. The highest BCUT2D eigenvalue weighted by atomic mass is 16.6. The number of rotatable bonds is 16. The zero-order chi connectivity index (χ0) is 43.4. The van der Waals surface area contributed by atoms with Gasteiger partial charge in [0.25, 0.3) is 11.8 Å². The van der Waals surface area contributed by atoms with E-state index in [1.807, 2.05) is 54.6 Å². The molecule has 0 spiro atoms. The van der Waals surface area contributed by atoms with Crippen LogP contribution in [0.2, 0.25) is 0 Å². The number of amides is 4. The highest BCUT2D eigenvalue weighted by molar-refractivity contribution is 6.08. The lowest BCUT2D eigenvalue weighted by Gasteiger charge is -2.36. The second kappa shape index (κ2) is 17.6. The van der Waals surface area contributed by atoms with Gasteiger partial charge in [0.15, 0.2) is 5.54 Å². The first kappa shape index (κ1) is 43.4. The molecule has 2 N–H and O–H groups in total. The van der Waals surface area contributed by atoms with Gasteiger partial charge >= 0.3 is 12.1 Å². The Hall–Kier alpha value is -6.18. The lowest BCUT2D eigenvalue weighted by molar-refractivity contribution is -0.156. The highest BCUT2D eigenvalue weighted by Gasteiger charge is 2.76. The normalized spacial score (nSPS) is 21.5. The highest BCUT2D eigenvalue weighted by Crippen LogP contribution is 2.63. The van der Waals surface area contributed by atoms with Gasteiger partial charge in [0, 0.05) is 28.8 Å². The second-order valence-corrected chi connectivity index (χ2v) is 16.7. The molecule has 5 atom stereocenters. The number of carbonyl (C=O) groups is 5. The minimum absolute atomic E-state index is 0.00290. The average molecular weight is 819 g/mol. The Labute approximate surface area is 350 Å². The van der Waals surface area contributed by atoms with Crippen LogP contribution in [-0.4, -0.2) is 95.5 Å². The summed E-state index contributed by atoms with van der Waals surface area (Å²) in [5, 5.41) is 16.2. The Morgan fingerprint density at radius 3 is 2.32 bits per heavy atom. The molecule has 14 heteroatoms.